The second kappa shape index (κ2) is 15.4. The van der Waals surface area contributed by atoms with Crippen LogP contribution in [0.4, 0.5) is 0 Å². The Morgan fingerprint density at radius 3 is 1.70 bits per heavy atom. The molecule has 2 aromatic rings. The Bertz CT molecular complexity index is 1470. The number of rotatable bonds is 11. The Kier molecular flexibility index (Phi) is 12.7. The van der Waals surface area contributed by atoms with Gasteiger partial charge in [0.25, 0.3) is 0 Å². The normalized spacial score (nSPS) is 12.4. The van der Waals surface area contributed by atoms with Gasteiger partial charge in [0.15, 0.2) is 0 Å². The summed E-state index contributed by atoms with van der Waals surface area (Å²) < 4.78 is 68.0. The fraction of sp³-hybridized carbons (Fsp3) is 0.250. The number of benzene rings is 2. The van der Waals surface area contributed by atoms with Crippen LogP contribution in [0.5, 0.6) is 0 Å². The second-order valence-corrected chi connectivity index (χ2v) is 12.8. The third-order valence-electron chi connectivity index (χ3n) is 4.47. The minimum Gasteiger partial charge on any atom is -0.464 e. The molecular formula is C24H26N2O10S4. The first-order chi connectivity index (χ1) is 18.9. The third-order valence-corrected chi connectivity index (χ3v) is 8.31. The summed E-state index contributed by atoms with van der Waals surface area (Å²) >= 11 is 1.75. The molecule has 2 aromatic carbocycles. The van der Waals surface area contributed by atoms with Gasteiger partial charge < -0.3 is 9.47 Å². The first kappa shape index (κ1) is 32.9. The number of methoxy groups -OCH3 is 2. The monoisotopic (exact) mass is 630 g/mol. The van der Waals surface area contributed by atoms with Gasteiger partial charge in [-0.2, -0.15) is 16.8 Å². The molecule has 0 radical (unpaired) electrons. The lowest BCUT2D eigenvalue weighted by Crippen LogP contribution is -2.15. The van der Waals surface area contributed by atoms with E-state index in [4.69, 9.17) is 4.28 Å². The summed E-state index contributed by atoms with van der Waals surface area (Å²) in [7, 11) is -6.28. The largest absolute Gasteiger partial charge is 0.464 e. The molecule has 216 valence electrons. The molecule has 0 atom stereocenters. The van der Waals surface area contributed by atoms with Crippen molar-refractivity contribution in [2.24, 2.45) is 10.3 Å². The number of nitrogens with zero attached hydrogens (tertiary/aromatic N) is 2. The number of esters is 2. The Morgan fingerprint density at radius 2 is 1.25 bits per heavy atom. The molecule has 12 nitrogen and oxygen atoms in total. The standard InChI is InChI=1S/C24H26N2O10S4/c1-5-14-37-21(23(27)33-3)25-35-39(29,30)15-18-8-10-19(11-9-18)16-40(31,32)36-26-22(24(28)34-4)38-20-12-6-17(2)7-13-20/h5-13H,1,14-16H2,2-4H3/b25-21-,26-22-. The molecule has 0 amide bonds. The summed E-state index contributed by atoms with van der Waals surface area (Å²) in [6.45, 7) is 5.39. The molecule has 0 heterocycles. The van der Waals surface area contributed by atoms with Gasteiger partial charge in [0, 0.05) is 10.6 Å². The van der Waals surface area contributed by atoms with Crippen LogP contribution in [0.1, 0.15) is 16.7 Å². The van der Waals surface area contributed by atoms with Crippen LogP contribution in [-0.2, 0) is 59.4 Å². The summed E-state index contributed by atoms with van der Waals surface area (Å²) in [6, 6.07) is 12.6. The highest BCUT2D eigenvalue weighted by atomic mass is 32.2. The number of oxime groups is 2. The van der Waals surface area contributed by atoms with Crippen LogP contribution in [0, 0.1) is 6.92 Å². The van der Waals surface area contributed by atoms with Gasteiger partial charge in [0.1, 0.15) is 11.5 Å². The molecule has 0 aromatic heterocycles. The average Bonchev–Trinajstić information content (AvgIpc) is 2.92. The summed E-state index contributed by atoms with van der Waals surface area (Å²) in [5.41, 5.74) is 1.52. The summed E-state index contributed by atoms with van der Waals surface area (Å²) in [4.78, 5) is 24.4. The maximum Gasteiger partial charge on any atom is 0.367 e. The first-order valence-corrected chi connectivity index (χ1v) is 16.0. The highest BCUT2D eigenvalue weighted by Gasteiger charge is 2.21. The molecule has 0 spiro atoms. The van der Waals surface area contributed by atoms with E-state index in [1.54, 1.807) is 12.1 Å². The molecule has 0 N–H and O–H groups in total. The summed E-state index contributed by atoms with van der Waals surface area (Å²) in [5.74, 6) is -2.70. The Labute approximate surface area is 241 Å². The van der Waals surface area contributed by atoms with Crippen LogP contribution in [0.15, 0.2) is 76.4 Å². The van der Waals surface area contributed by atoms with Crippen molar-refractivity contribution in [2.45, 2.75) is 23.3 Å². The number of hydrogen-bond donors (Lipinski definition) is 0. The molecule has 40 heavy (non-hydrogen) atoms. The van der Waals surface area contributed by atoms with Gasteiger partial charge in [0.2, 0.25) is 10.1 Å². The fourth-order valence-corrected chi connectivity index (χ4v) is 5.71. The first-order valence-electron chi connectivity index (χ1n) is 11.1. The maximum absolute atomic E-state index is 12.5. The topological polar surface area (TPSA) is 164 Å². The zero-order valence-corrected chi connectivity index (χ0v) is 24.9. The number of ether oxygens (including phenoxy) is 2. The van der Waals surface area contributed by atoms with Gasteiger partial charge >= 0.3 is 32.2 Å². The summed E-state index contributed by atoms with van der Waals surface area (Å²) in [6.07, 6.45) is 1.49. The predicted octanol–water partition coefficient (Wildman–Crippen LogP) is 3.37. The van der Waals surface area contributed by atoms with Crippen molar-refractivity contribution in [1.29, 1.82) is 0 Å². The molecular weight excluding hydrogens is 605 g/mol. The van der Waals surface area contributed by atoms with Crippen molar-refractivity contribution in [3.05, 3.63) is 77.9 Å². The summed E-state index contributed by atoms with van der Waals surface area (Å²) in [5, 5.41) is 6.24. The minimum absolute atomic E-state index is 0.259. The van der Waals surface area contributed by atoms with Crippen molar-refractivity contribution in [2.75, 3.05) is 20.0 Å². The zero-order chi connectivity index (χ0) is 29.8. The van der Waals surface area contributed by atoms with Crippen LogP contribution < -0.4 is 0 Å². The van der Waals surface area contributed by atoms with Crippen molar-refractivity contribution >= 4 is 65.8 Å². The van der Waals surface area contributed by atoms with E-state index in [1.807, 2.05) is 19.1 Å². The van der Waals surface area contributed by atoms with E-state index in [-0.39, 0.29) is 27.0 Å². The predicted molar refractivity (Wildman–Crippen MR) is 152 cm³/mol. The van der Waals surface area contributed by atoms with Gasteiger partial charge in [-0.15, -0.1) is 6.58 Å². The molecule has 2 rings (SSSR count). The Balaban J connectivity index is 2.06. The number of aryl methyl sites for hydroxylation is 1. The van der Waals surface area contributed by atoms with Crippen LogP contribution >= 0.6 is 23.5 Å². The highest BCUT2D eigenvalue weighted by Crippen LogP contribution is 2.22. The van der Waals surface area contributed by atoms with Gasteiger partial charge in [0.05, 0.1) is 14.2 Å². The van der Waals surface area contributed by atoms with Crippen molar-refractivity contribution in [1.82, 2.24) is 0 Å². The lowest BCUT2D eigenvalue weighted by molar-refractivity contribution is -0.133. The van der Waals surface area contributed by atoms with Gasteiger partial charge in [-0.05, 0) is 30.2 Å². The van der Waals surface area contributed by atoms with E-state index in [9.17, 15) is 26.4 Å². The van der Waals surface area contributed by atoms with Crippen molar-refractivity contribution in [3.8, 4) is 0 Å². The minimum atomic E-state index is -4.28. The maximum atomic E-state index is 12.5. The number of carbonyl (C=O) groups is 2. The van der Waals surface area contributed by atoms with E-state index in [0.29, 0.717) is 4.90 Å². The molecule has 0 unspecified atom stereocenters. The van der Waals surface area contributed by atoms with Crippen LogP contribution in [0.2, 0.25) is 0 Å². The number of hydrogen-bond acceptors (Lipinski definition) is 14. The van der Waals surface area contributed by atoms with Crippen LogP contribution in [0.25, 0.3) is 0 Å². The Hall–Kier alpha value is -3.34. The Morgan fingerprint density at radius 1 is 0.800 bits per heavy atom. The van der Waals surface area contributed by atoms with Crippen LogP contribution in [-0.4, -0.2) is 58.8 Å². The van der Waals surface area contributed by atoms with E-state index < -0.39 is 43.7 Å². The third kappa shape index (κ3) is 11.4. The van der Waals surface area contributed by atoms with Crippen molar-refractivity contribution in [3.63, 3.8) is 0 Å². The molecule has 0 aliphatic rings. The lowest BCUT2D eigenvalue weighted by Gasteiger charge is -2.07. The highest BCUT2D eigenvalue weighted by molar-refractivity contribution is 8.16. The zero-order valence-electron chi connectivity index (χ0n) is 21.6. The molecule has 0 saturated carbocycles. The number of thioether (sulfide) groups is 2. The SMILES string of the molecule is C=CCS/C(=N\OS(=O)(=O)Cc1ccc(CS(=O)(=O)O/N=C(\Sc2ccc(C)cc2)C(=O)OC)cc1)C(=O)OC. The molecule has 0 fully saturated rings. The van der Waals surface area contributed by atoms with Gasteiger partial charge in [-0.25, -0.2) is 9.59 Å². The molecule has 16 heteroatoms. The lowest BCUT2D eigenvalue weighted by atomic mass is 10.2. The number of carbonyl (C=O) groups excluding carboxylic acids is 2. The average molecular weight is 631 g/mol. The quantitative estimate of drug-likeness (QED) is 0.0889. The molecule has 0 aliphatic heterocycles. The van der Waals surface area contributed by atoms with E-state index in [1.165, 1.54) is 30.3 Å². The van der Waals surface area contributed by atoms with Crippen molar-refractivity contribution < 1.29 is 44.5 Å². The van der Waals surface area contributed by atoms with Gasteiger partial charge in [-0.1, -0.05) is 81.9 Å². The fourth-order valence-electron chi connectivity index (χ4n) is 2.62. The smallest absolute Gasteiger partial charge is 0.367 e. The van der Waals surface area contributed by atoms with E-state index >= 15 is 0 Å². The van der Waals surface area contributed by atoms with E-state index in [0.717, 1.165) is 43.3 Å². The molecule has 0 bridgehead atoms. The molecule has 0 aliphatic carbocycles. The van der Waals surface area contributed by atoms with Gasteiger partial charge in [-0.3, -0.25) is 8.57 Å². The van der Waals surface area contributed by atoms with E-state index in [2.05, 4.69) is 30.6 Å². The van der Waals surface area contributed by atoms with Crippen LogP contribution in [0.3, 0.4) is 0 Å². The second-order valence-electron chi connectivity index (χ2n) is 7.66. The molecule has 0 saturated heterocycles.